The lowest BCUT2D eigenvalue weighted by Crippen LogP contribution is -2.12. The maximum absolute atomic E-state index is 6.04. The van der Waals surface area contributed by atoms with Gasteiger partial charge < -0.3 is 28.7 Å². The Labute approximate surface area is 422 Å². The largest absolute Gasteiger partial charge is 0.490 e. The van der Waals surface area contributed by atoms with Crippen LogP contribution in [-0.4, -0.2) is 24.4 Å². The first-order valence-corrected chi connectivity index (χ1v) is 25.8. The summed E-state index contributed by atoms with van der Waals surface area (Å²) in [5.74, 6) is 3.75. The number of benzene rings is 9. The van der Waals surface area contributed by atoms with Gasteiger partial charge in [-0.15, -0.1) is 0 Å². The van der Waals surface area contributed by atoms with Gasteiger partial charge in [-0.2, -0.15) is 0 Å². The number of hydrogen-bond donors (Lipinski definition) is 0. The number of rotatable bonds is 18. The summed E-state index contributed by atoms with van der Waals surface area (Å²) in [5, 5.41) is 0. The Hall–Kier alpha value is -8.22. The first-order chi connectivity index (χ1) is 35.6. The second-order valence-electron chi connectivity index (χ2n) is 19.7. The number of ether oxygens (including phenoxy) is 4. The van der Waals surface area contributed by atoms with Crippen LogP contribution in [0.15, 0.2) is 218 Å². The van der Waals surface area contributed by atoms with Gasteiger partial charge in [-0.25, -0.2) is 0 Å². The van der Waals surface area contributed by atoms with E-state index in [-0.39, 0.29) is 0 Å². The fourth-order valence-electron chi connectivity index (χ4n) is 9.27. The lowest BCUT2D eigenvalue weighted by molar-refractivity contribution is 0.303. The molecular formula is C66H56N2O4. The highest BCUT2D eigenvalue weighted by Gasteiger charge is 2.26. The first kappa shape index (κ1) is 43.8. The number of hydrogen-bond acceptors (Lipinski definition) is 6. The third kappa shape index (κ3) is 10.2. The Morgan fingerprint density at radius 3 is 0.486 bits per heavy atom. The molecule has 0 atom stereocenters. The Morgan fingerprint density at radius 2 is 0.333 bits per heavy atom. The summed E-state index contributed by atoms with van der Waals surface area (Å²) in [6.45, 7) is 0. The van der Waals surface area contributed by atoms with Crippen molar-refractivity contribution in [3.63, 3.8) is 0 Å². The topological polar surface area (TPSA) is 43.4 Å². The molecule has 4 saturated carbocycles. The van der Waals surface area contributed by atoms with Gasteiger partial charge in [-0.1, -0.05) is 97.1 Å². The van der Waals surface area contributed by atoms with Gasteiger partial charge in [0.2, 0.25) is 0 Å². The van der Waals surface area contributed by atoms with Crippen molar-refractivity contribution in [3.05, 3.63) is 218 Å². The Morgan fingerprint density at radius 1 is 0.194 bits per heavy atom. The molecular weight excluding hydrogens is 885 g/mol. The third-order valence-electron chi connectivity index (χ3n) is 13.9. The average molecular weight is 941 g/mol. The van der Waals surface area contributed by atoms with E-state index in [0.29, 0.717) is 24.4 Å². The van der Waals surface area contributed by atoms with Crippen LogP contribution in [-0.2, 0) is 0 Å². The van der Waals surface area contributed by atoms with E-state index in [2.05, 4.69) is 228 Å². The van der Waals surface area contributed by atoms with Crippen LogP contribution in [0.3, 0.4) is 0 Å². The van der Waals surface area contributed by atoms with E-state index >= 15 is 0 Å². The van der Waals surface area contributed by atoms with E-state index in [9.17, 15) is 0 Å². The highest BCUT2D eigenvalue weighted by molar-refractivity contribution is 5.84. The van der Waals surface area contributed by atoms with Gasteiger partial charge in [0.25, 0.3) is 0 Å². The van der Waals surface area contributed by atoms with Crippen LogP contribution in [0.25, 0.3) is 44.5 Å². The van der Waals surface area contributed by atoms with Crippen LogP contribution >= 0.6 is 0 Å². The van der Waals surface area contributed by atoms with Gasteiger partial charge in [-0.3, -0.25) is 0 Å². The van der Waals surface area contributed by atoms with Crippen molar-refractivity contribution < 1.29 is 18.9 Å². The molecule has 9 aromatic rings. The number of nitrogens with zero attached hydrogens (tertiary/aromatic N) is 2. The van der Waals surface area contributed by atoms with E-state index in [1.165, 1.54) is 0 Å². The summed E-state index contributed by atoms with van der Waals surface area (Å²) in [6, 6.07) is 78.4. The summed E-state index contributed by atoms with van der Waals surface area (Å²) in [5.41, 5.74) is 15.6. The van der Waals surface area contributed by atoms with Gasteiger partial charge in [0.1, 0.15) is 23.0 Å². The van der Waals surface area contributed by atoms with Gasteiger partial charge >= 0.3 is 0 Å². The second kappa shape index (κ2) is 19.2. The molecule has 4 fully saturated rings. The molecule has 0 spiro atoms. The fourth-order valence-corrected chi connectivity index (χ4v) is 9.27. The van der Waals surface area contributed by atoms with E-state index in [0.717, 1.165) is 153 Å². The van der Waals surface area contributed by atoms with Gasteiger partial charge in [-0.05, 0) is 217 Å². The van der Waals surface area contributed by atoms with Crippen LogP contribution in [0.2, 0.25) is 0 Å². The molecule has 4 aliphatic rings. The predicted molar refractivity (Wildman–Crippen MR) is 292 cm³/mol. The molecule has 9 aromatic carbocycles. The molecule has 0 saturated heterocycles. The highest BCUT2D eigenvalue weighted by Crippen LogP contribution is 2.42. The lowest BCUT2D eigenvalue weighted by atomic mass is 10.0. The van der Waals surface area contributed by atoms with Crippen molar-refractivity contribution in [1.82, 2.24) is 0 Å². The summed E-state index contributed by atoms with van der Waals surface area (Å²) in [7, 11) is 0. The molecule has 0 N–H and O–H groups in total. The summed E-state index contributed by atoms with van der Waals surface area (Å²) < 4.78 is 24.2. The molecule has 13 rings (SSSR count). The van der Waals surface area contributed by atoms with E-state index < -0.39 is 0 Å². The molecule has 0 radical (unpaired) electrons. The van der Waals surface area contributed by atoms with Gasteiger partial charge in [0, 0.05) is 34.1 Å². The molecule has 0 aromatic heterocycles. The van der Waals surface area contributed by atoms with Crippen LogP contribution in [0, 0.1) is 0 Å². The normalized spacial score (nSPS) is 15.1. The molecule has 0 heterocycles. The first-order valence-electron chi connectivity index (χ1n) is 25.8. The number of anilines is 6. The van der Waals surface area contributed by atoms with E-state index in [4.69, 9.17) is 18.9 Å². The molecule has 0 aliphatic heterocycles. The Bertz CT molecular complexity index is 2820. The molecule has 0 amide bonds. The van der Waals surface area contributed by atoms with Crippen LogP contribution in [0.5, 0.6) is 23.0 Å². The van der Waals surface area contributed by atoms with Crippen molar-refractivity contribution in [2.24, 2.45) is 0 Å². The molecule has 4 aliphatic carbocycles. The van der Waals surface area contributed by atoms with Crippen LogP contribution < -0.4 is 28.7 Å². The monoisotopic (exact) mass is 940 g/mol. The second-order valence-corrected chi connectivity index (χ2v) is 19.7. The molecule has 354 valence electrons. The fraction of sp³-hybridized carbons (Fsp3) is 0.182. The minimum absolute atomic E-state index is 0.375. The van der Waals surface area contributed by atoms with Crippen LogP contribution in [0.1, 0.15) is 51.4 Å². The SMILES string of the molecule is c1cc(-c2ccc(N(c3ccc(-c4ccc(OC5CC5)cc4)cc3)c3ccc(N(c4ccc(-c5ccc(OC6CC6)cc5)cc4)c4ccc(-c5ccc(OC6CC6)cc5)cc4)cc3)cc2)ccc1OC1CC1. The minimum Gasteiger partial charge on any atom is -0.490 e. The molecule has 6 heteroatoms. The summed E-state index contributed by atoms with van der Waals surface area (Å²) in [4.78, 5) is 4.68. The zero-order valence-corrected chi connectivity index (χ0v) is 40.3. The lowest BCUT2D eigenvalue weighted by Gasteiger charge is -2.29. The van der Waals surface area contributed by atoms with Crippen molar-refractivity contribution >= 4 is 34.1 Å². The molecule has 6 nitrogen and oxygen atoms in total. The molecule has 0 bridgehead atoms. The standard InChI is InChI=1S/C66H56N2O4/c1-17-53(18-2-45(1)49-9-29-59(30-10-49)69-63-37-38-63)67(54-19-3-46(4-20-54)50-11-31-60(32-12-50)70-64-39-40-64)57-25-27-58(28-26-57)68(55-21-5-47(6-22-55)51-13-33-61(34-14-51)71-65-41-42-65)56-23-7-48(8-24-56)52-15-35-62(36-16-52)72-66-43-44-66/h1-36,63-66H,37-44H2. The Kier molecular flexibility index (Phi) is 11.7. The van der Waals surface area contributed by atoms with E-state index in [1.807, 2.05) is 0 Å². The van der Waals surface area contributed by atoms with Gasteiger partial charge in [0.15, 0.2) is 0 Å². The van der Waals surface area contributed by atoms with Crippen molar-refractivity contribution in [2.75, 3.05) is 9.80 Å². The zero-order valence-electron chi connectivity index (χ0n) is 40.3. The third-order valence-corrected chi connectivity index (χ3v) is 13.9. The summed E-state index contributed by atoms with van der Waals surface area (Å²) in [6.07, 6.45) is 10.7. The summed E-state index contributed by atoms with van der Waals surface area (Å²) >= 11 is 0. The quantitative estimate of drug-likeness (QED) is 0.0854. The molecule has 72 heavy (non-hydrogen) atoms. The maximum Gasteiger partial charge on any atom is 0.119 e. The zero-order chi connectivity index (χ0) is 47.8. The van der Waals surface area contributed by atoms with Crippen molar-refractivity contribution in [3.8, 4) is 67.5 Å². The molecule has 0 unspecified atom stereocenters. The highest BCUT2D eigenvalue weighted by atomic mass is 16.5. The van der Waals surface area contributed by atoms with E-state index in [1.54, 1.807) is 0 Å². The Balaban J connectivity index is 0.822. The maximum atomic E-state index is 6.04. The average Bonchev–Trinajstić information content (AvgIpc) is 4.17. The van der Waals surface area contributed by atoms with Crippen molar-refractivity contribution in [1.29, 1.82) is 0 Å². The smallest absolute Gasteiger partial charge is 0.119 e. The minimum atomic E-state index is 0.375. The van der Waals surface area contributed by atoms with Gasteiger partial charge in [0.05, 0.1) is 24.4 Å². The van der Waals surface area contributed by atoms with Crippen LogP contribution in [0.4, 0.5) is 34.1 Å². The van der Waals surface area contributed by atoms with Crippen molar-refractivity contribution in [2.45, 2.75) is 75.8 Å². The predicted octanol–water partition coefficient (Wildman–Crippen LogP) is 17.5.